The van der Waals surface area contributed by atoms with Crippen LogP contribution in [0.2, 0.25) is 0 Å². The first-order valence-corrected chi connectivity index (χ1v) is 11.5. The van der Waals surface area contributed by atoms with E-state index in [0.29, 0.717) is 13.1 Å². The minimum absolute atomic E-state index is 0.231. The van der Waals surface area contributed by atoms with Crippen molar-refractivity contribution in [2.45, 2.75) is 51.3 Å². The summed E-state index contributed by atoms with van der Waals surface area (Å²) in [5.74, 6) is -0.231. The van der Waals surface area contributed by atoms with Gasteiger partial charge in [0.15, 0.2) is 0 Å². The Morgan fingerprint density at radius 3 is 2.66 bits per heavy atom. The predicted molar refractivity (Wildman–Crippen MR) is 122 cm³/mol. The summed E-state index contributed by atoms with van der Waals surface area (Å²) >= 11 is 0. The van der Waals surface area contributed by atoms with E-state index in [0.717, 1.165) is 67.6 Å². The van der Waals surface area contributed by atoms with Gasteiger partial charge in [0.2, 0.25) is 0 Å². The lowest BCUT2D eigenvalue weighted by Crippen LogP contribution is -2.46. The number of piperidine rings is 1. The van der Waals surface area contributed by atoms with Crippen LogP contribution in [0.5, 0.6) is 0 Å². The van der Waals surface area contributed by atoms with E-state index in [2.05, 4.69) is 11.8 Å². The zero-order valence-corrected chi connectivity index (χ0v) is 18.5. The van der Waals surface area contributed by atoms with Gasteiger partial charge in [-0.15, -0.1) is 0 Å². The monoisotopic (exact) mass is 436 g/mol. The zero-order valence-electron chi connectivity index (χ0n) is 18.5. The van der Waals surface area contributed by atoms with Crippen molar-refractivity contribution in [2.75, 3.05) is 24.5 Å². The Morgan fingerprint density at radius 2 is 1.91 bits per heavy atom. The molecular weight excluding hydrogens is 407 g/mol. The summed E-state index contributed by atoms with van der Waals surface area (Å²) in [5, 5.41) is 5.72. The van der Waals surface area contributed by atoms with Crippen molar-refractivity contribution in [2.24, 2.45) is 0 Å². The molecule has 0 atom stereocenters. The molecule has 2 aliphatic rings. The van der Waals surface area contributed by atoms with Crippen molar-refractivity contribution in [1.29, 1.82) is 0 Å². The average Bonchev–Trinajstić information content (AvgIpc) is 3.31. The molecule has 168 valence electrons. The van der Waals surface area contributed by atoms with Gasteiger partial charge in [0.25, 0.3) is 0 Å². The van der Waals surface area contributed by atoms with Crippen LogP contribution < -0.4 is 4.90 Å². The van der Waals surface area contributed by atoms with Crippen molar-refractivity contribution >= 4 is 22.7 Å². The minimum atomic E-state index is -0.432. The SMILES string of the molecule is CCCCn1nc(CN2CCC3(CC2)CN(c2ccccc2)C(=O)O3)c2cc(F)ccc21. The topological polar surface area (TPSA) is 50.6 Å². The van der Waals surface area contributed by atoms with Crippen molar-refractivity contribution in [3.8, 4) is 0 Å². The van der Waals surface area contributed by atoms with E-state index in [1.807, 2.05) is 41.1 Å². The number of nitrogens with zero attached hydrogens (tertiary/aromatic N) is 4. The Labute approximate surface area is 187 Å². The fourth-order valence-electron chi connectivity index (χ4n) is 4.83. The van der Waals surface area contributed by atoms with Gasteiger partial charge in [0, 0.05) is 50.1 Å². The molecule has 32 heavy (non-hydrogen) atoms. The summed E-state index contributed by atoms with van der Waals surface area (Å²) in [6.07, 6.45) is 3.43. The van der Waals surface area contributed by atoms with E-state index in [-0.39, 0.29) is 11.9 Å². The maximum absolute atomic E-state index is 14.0. The lowest BCUT2D eigenvalue weighted by Gasteiger charge is -2.37. The largest absolute Gasteiger partial charge is 0.441 e. The van der Waals surface area contributed by atoms with E-state index < -0.39 is 5.60 Å². The number of aryl methyl sites for hydroxylation is 1. The highest BCUT2D eigenvalue weighted by Crippen LogP contribution is 2.36. The van der Waals surface area contributed by atoms with Crippen LogP contribution in [0.15, 0.2) is 48.5 Å². The van der Waals surface area contributed by atoms with Crippen molar-refractivity contribution < 1.29 is 13.9 Å². The molecule has 0 N–H and O–H groups in total. The molecular formula is C25H29FN4O2. The van der Waals surface area contributed by atoms with Gasteiger partial charge in [0.05, 0.1) is 17.8 Å². The molecule has 0 bridgehead atoms. The molecule has 2 aromatic carbocycles. The summed E-state index contributed by atoms with van der Waals surface area (Å²) in [5.41, 5.74) is 2.35. The summed E-state index contributed by atoms with van der Waals surface area (Å²) < 4.78 is 21.9. The molecule has 0 radical (unpaired) electrons. The zero-order chi connectivity index (χ0) is 22.1. The first kappa shape index (κ1) is 20.9. The molecule has 2 fully saturated rings. The molecule has 0 aliphatic carbocycles. The molecule has 1 spiro atoms. The molecule has 7 heteroatoms. The highest BCUT2D eigenvalue weighted by atomic mass is 19.1. The molecule has 1 amide bonds. The van der Waals surface area contributed by atoms with Gasteiger partial charge in [-0.05, 0) is 36.8 Å². The van der Waals surface area contributed by atoms with E-state index >= 15 is 0 Å². The van der Waals surface area contributed by atoms with E-state index in [1.54, 1.807) is 11.0 Å². The first-order valence-electron chi connectivity index (χ1n) is 11.5. The number of para-hydroxylation sites is 1. The lowest BCUT2D eigenvalue weighted by atomic mass is 9.91. The number of amides is 1. The number of halogens is 1. The van der Waals surface area contributed by atoms with Crippen LogP contribution in [0.1, 0.15) is 38.3 Å². The quantitative estimate of drug-likeness (QED) is 0.548. The molecule has 2 aliphatic heterocycles. The van der Waals surface area contributed by atoms with Crippen molar-refractivity contribution in [3.05, 3.63) is 60.0 Å². The number of rotatable bonds is 6. The summed E-state index contributed by atoms with van der Waals surface area (Å²) in [4.78, 5) is 16.6. The Kier molecular flexibility index (Phi) is 5.59. The third-order valence-corrected chi connectivity index (χ3v) is 6.69. The van der Waals surface area contributed by atoms with Crippen LogP contribution in [0.25, 0.3) is 10.9 Å². The molecule has 6 nitrogen and oxygen atoms in total. The molecule has 2 saturated heterocycles. The number of hydrogen-bond acceptors (Lipinski definition) is 4. The second kappa shape index (κ2) is 8.54. The number of aromatic nitrogens is 2. The number of unbranched alkanes of at least 4 members (excludes halogenated alkanes) is 1. The molecule has 0 saturated carbocycles. The number of carbonyl (C=O) groups is 1. The normalized spacial score (nSPS) is 18.6. The lowest BCUT2D eigenvalue weighted by molar-refractivity contribution is -0.00118. The Morgan fingerprint density at radius 1 is 1.12 bits per heavy atom. The average molecular weight is 437 g/mol. The maximum atomic E-state index is 14.0. The van der Waals surface area contributed by atoms with Crippen LogP contribution in [0.3, 0.4) is 0 Å². The van der Waals surface area contributed by atoms with Gasteiger partial charge >= 0.3 is 6.09 Å². The van der Waals surface area contributed by atoms with Crippen LogP contribution in [-0.2, 0) is 17.8 Å². The number of hydrogen-bond donors (Lipinski definition) is 0. The summed E-state index contributed by atoms with van der Waals surface area (Å²) in [6.45, 7) is 5.88. The number of ether oxygens (including phenoxy) is 1. The minimum Gasteiger partial charge on any atom is -0.441 e. The Hall–Kier alpha value is -2.93. The number of anilines is 1. The second-order valence-corrected chi connectivity index (χ2v) is 8.93. The Balaban J connectivity index is 1.28. The fraction of sp³-hybridized carbons (Fsp3) is 0.440. The molecule has 0 unspecified atom stereocenters. The van der Waals surface area contributed by atoms with Gasteiger partial charge < -0.3 is 4.74 Å². The van der Waals surface area contributed by atoms with Crippen molar-refractivity contribution in [1.82, 2.24) is 14.7 Å². The number of likely N-dealkylation sites (tertiary alicyclic amines) is 1. The van der Waals surface area contributed by atoms with Crippen LogP contribution in [0.4, 0.5) is 14.9 Å². The van der Waals surface area contributed by atoms with Gasteiger partial charge in [0.1, 0.15) is 11.4 Å². The summed E-state index contributed by atoms with van der Waals surface area (Å²) in [6, 6.07) is 14.6. The van der Waals surface area contributed by atoms with Crippen LogP contribution in [0, 0.1) is 5.82 Å². The number of fused-ring (bicyclic) bond motifs is 1. The summed E-state index contributed by atoms with van der Waals surface area (Å²) in [7, 11) is 0. The van der Waals surface area contributed by atoms with Crippen LogP contribution in [-0.4, -0.2) is 46.0 Å². The Bertz CT molecular complexity index is 1110. The standard InChI is InChI=1S/C25H29FN4O2/c1-2-3-13-30-23-10-9-19(26)16-21(23)22(27-30)17-28-14-11-25(12-15-28)18-29(24(31)32-25)20-7-5-4-6-8-20/h4-10,16H,2-3,11-15,17-18H2,1H3. The third kappa shape index (κ3) is 3.97. The molecule has 5 rings (SSSR count). The molecule has 3 aromatic rings. The predicted octanol–water partition coefficient (Wildman–Crippen LogP) is 4.97. The van der Waals surface area contributed by atoms with E-state index in [4.69, 9.17) is 9.84 Å². The maximum Gasteiger partial charge on any atom is 0.415 e. The van der Waals surface area contributed by atoms with Crippen LogP contribution >= 0.6 is 0 Å². The molecule has 3 heterocycles. The fourth-order valence-corrected chi connectivity index (χ4v) is 4.83. The van der Waals surface area contributed by atoms with Gasteiger partial charge in [-0.25, -0.2) is 9.18 Å². The van der Waals surface area contributed by atoms with Crippen molar-refractivity contribution in [3.63, 3.8) is 0 Å². The highest BCUT2D eigenvalue weighted by molar-refractivity contribution is 5.90. The number of benzene rings is 2. The van der Waals surface area contributed by atoms with E-state index in [1.165, 1.54) is 6.07 Å². The number of carbonyl (C=O) groups excluding carboxylic acids is 1. The first-order chi connectivity index (χ1) is 15.6. The second-order valence-electron chi connectivity index (χ2n) is 8.93. The van der Waals surface area contributed by atoms with Gasteiger partial charge in [-0.2, -0.15) is 5.10 Å². The van der Waals surface area contributed by atoms with Gasteiger partial charge in [-0.1, -0.05) is 31.5 Å². The smallest absolute Gasteiger partial charge is 0.415 e. The highest BCUT2D eigenvalue weighted by Gasteiger charge is 2.47. The van der Waals surface area contributed by atoms with Gasteiger partial charge in [-0.3, -0.25) is 14.5 Å². The molecule has 1 aromatic heterocycles. The third-order valence-electron chi connectivity index (χ3n) is 6.69. The van der Waals surface area contributed by atoms with E-state index in [9.17, 15) is 9.18 Å².